The maximum absolute atomic E-state index is 12.8. The first kappa shape index (κ1) is 21.1. The topological polar surface area (TPSA) is 58.9 Å². The van der Waals surface area contributed by atoms with Crippen molar-refractivity contribution in [2.45, 2.75) is 33.3 Å². The molecule has 0 spiro atoms. The van der Waals surface area contributed by atoms with E-state index in [-0.39, 0.29) is 5.91 Å². The van der Waals surface area contributed by atoms with Crippen LogP contribution in [-0.4, -0.2) is 28.4 Å². The number of rotatable bonds is 6. The summed E-state index contributed by atoms with van der Waals surface area (Å²) < 4.78 is 7.88. The molecule has 0 bridgehead atoms. The lowest BCUT2D eigenvalue weighted by molar-refractivity contribution is 0.102. The monoisotopic (exact) mass is 440 g/mol. The van der Waals surface area contributed by atoms with Crippen molar-refractivity contribution in [1.82, 2.24) is 9.38 Å². The van der Waals surface area contributed by atoms with Crippen LogP contribution in [0.5, 0.6) is 5.75 Å². The second-order valence-electron chi connectivity index (χ2n) is 8.61. The third-order valence-electron chi connectivity index (χ3n) is 6.16. The predicted molar refractivity (Wildman–Crippen MR) is 131 cm³/mol. The lowest BCUT2D eigenvalue weighted by Gasteiger charge is -2.19. The minimum Gasteiger partial charge on any atom is -0.487 e. The van der Waals surface area contributed by atoms with E-state index in [0.29, 0.717) is 17.9 Å². The molecule has 1 N–H and O–H groups in total. The smallest absolute Gasteiger partial charge is 0.255 e. The highest BCUT2D eigenvalue weighted by molar-refractivity contribution is 6.04. The SMILES string of the molecule is Cc1cc(N2CCCC2)ccc1NC(=O)c1ccc(OCc2cn3cccc(C)c3n2)cc1. The molecule has 2 aromatic carbocycles. The van der Waals surface area contributed by atoms with Gasteiger partial charge in [0, 0.05) is 42.4 Å². The number of aromatic nitrogens is 2. The number of anilines is 2. The van der Waals surface area contributed by atoms with Gasteiger partial charge in [-0.15, -0.1) is 0 Å². The van der Waals surface area contributed by atoms with Crippen molar-refractivity contribution in [2.75, 3.05) is 23.3 Å². The Kier molecular flexibility index (Phi) is 5.73. The van der Waals surface area contributed by atoms with E-state index in [1.807, 2.05) is 61.0 Å². The summed E-state index contributed by atoms with van der Waals surface area (Å²) in [4.78, 5) is 19.8. The van der Waals surface area contributed by atoms with Crippen LogP contribution in [0.3, 0.4) is 0 Å². The van der Waals surface area contributed by atoms with E-state index in [1.165, 1.54) is 18.5 Å². The number of carbonyl (C=O) groups is 1. The first-order valence-electron chi connectivity index (χ1n) is 11.4. The van der Waals surface area contributed by atoms with Gasteiger partial charge in [0.1, 0.15) is 18.0 Å². The number of hydrogen-bond donors (Lipinski definition) is 1. The van der Waals surface area contributed by atoms with Gasteiger partial charge in [-0.25, -0.2) is 4.98 Å². The molecule has 1 saturated heterocycles. The number of imidazole rings is 1. The summed E-state index contributed by atoms with van der Waals surface area (Å²) in [5, 5.41) is 3.03. The zero-order valence-electron chi connectivity index (χ0n) is 19.0. The summed E-state index contributed by atoms with van der Waals surface area (Å²) in [6.07, 6.45) is 6.45. The van der Waals surface area contributed by atoms with Gasteiger partial charge >= 0.3 is 0 Å². The van der Waals surface area contributed by atoms with Crippen LogP contribution in [0.25, 0.3) is 5.65 Å². The number of pyridine rings is 1. The highest BCUT2D eigenvalue weighted by Crippen LogP contribution is 2.26. The standard InChI is InChI=1S/C27H28N4O2/c1-19-6-5-15-31-17-22(28-26(19)31)18-33-24-10-7-21(8-11-24)27(32)29-25-12-9-23(16-20(25)2)30-13-3-4-14-30/h5-12,15-17H,3-4,13-14,18H2,1-2H3,(H,29,32). The average molecular weight is 441 g/mol. The summed E-state index contributed by atoms with van der Waals surface area (Å²) >= 11 is 0. The fourth-order valence-electron chi connectivity index (χ4n) is 4.29. The molecular weight excluding hydrogens is 412 g/mol. The first-order chi connectivity index (χ1) is 16.1. The molecule has 33 heavy (non-hydrogen) atoms. The highest BCUT2D eigenvalue weighted by Gasteiger charge is 2.14. The van der Waals surface area contributed by atoms with Crippen molar-refractivity contribution in [3.05, 3.63) is 89.4 Å². The van der Waals surface area contributed by atoms with Crippen molar-refractivity contribution in [3.8, 4) is 5.75 Å². The number of carbonyl (C=O) groups excluding carboxylic acids is 1. The number of aryl methyl sites for hydroxylation is 2. The molecule has 6 nitrogen and oxygen atoms in total. The second-order valence-corrected chi connectivity index (χ2v) is 8.61. The molecule has 1 aliphatic heterocycles. The van der Waals surface area contributed by atoms with Crippen LogP contribution in [0.15, 0.2) is 67.0 Å². The molecule has 5 rings (SSSR count). The molecule has 168 valence electrons. The lowest BCUT2D eigenvalue weighted by Crippen LogP contribution is -2.18. The Bertz CT molecular complexity index is 1290. The summed E-state index contributed by atoms with van der Waals surface area (Å²) in [6.45, 7) is 6.66. The summed E-state index contributed by atoms with van der Waals surface area (Å²) in [7, 11) is 0. The van der Waals surface area contributed by atoms with Crippen molar-refractivity contribution in [1.29, 1.82) is 0 Å². The van der Waals surface area contributed by atoms with Gasteiger partial charge in [-0.1, -0.05) is 6.07 Å². The number of ether oxygens (including phenoxy) is 1. The minimum atomic E-state index is -0.130. The van der Waals surface area contributed by atoms with Gasteiger partial charge in [0.05, 0.1) is 5.69 Å². The minimum absolute atomic E-state index is 0.130. The zero-order chi connectivity index (χ0) is 22.8. The van der Waals surface area contributed by atoms with Crippen molar-refractivity contribution in [3.63, 3.8) is 0 Å². The number of benzene rings is 2. The Morgan fingerprint density at radius 1 is 1.03 bits per heavy atom. The molecule has 1 aliphatic rings. The number of fused-ring (bicyclic) bond motifs is 1. The highest BCUT2D eigenvalue weighted by atomic mass is 16.5. The Morgan fingerprint density at radius 3 is 2.55 bits per heavy atom. The Balaban J connectivity index is 1.20. The zero-order valence-corrected chi connectivity index (χ0v) is 19.0. The Hall–Kier alpha value is -3.80. The Morgan fingerprint density at radius 2 is 1.82 bits per heavy atom. The van der Waals surface area contributed by atoms with Gasteiger partial charge in [-0.2, -0.15) is 0 Å². The van der Waals surface area contributed by atoms with E-state index < -0.39 is 0 Å². The van der Waals surface area contributed by atoms with Gasteiger partial charge < -0.3 is 19.4 Å². The van der Waals surface area contributed by atoms with Crippen LogP contribution in [0.2, 0.25) is 0 Å². The van der Waals surface area contributed by atoms with Gasteiger partial charge in [0.2, 0.25) is 0 Å². The maximum atomic E-state index is 12.8. The molecule has 0 unspecified atom stereocenters. The second kappa shape index (κ2) is 8.98. The van der Waals surface area contributed by atoms with Crippen LogP contribution < -0.4 is 15.0 Å². The normalized spacial score (nSPS) is 13.5. The van der Waals surface area contributed by atoms with Crippen molar-refractivity contribution in [2.24, 2.45) is 0 Å². The van der Waals surface area contributed by atoms with E-state index in [9.17, 15) is 4.79 Å². The molecule has 0 aliphatic carbocycles. The van der Waals surface area contributed by atoms with Gasteiger partial charge in [-0.05, 0) is 86.3 Å². The fourth-order valence-corrected chi connectivity index (χ4v) is 4.29. The third kappa shape index (κ3) is 4.55. The van der Waals surface area contributed by atoms with E-state index in [4.69, 9.17) is 4.74 Å². The molecule has 1 fully saturated rings. The first-order valence-corrected chi connectivity index (χ1v) is 11.4. The molecule has 3 heterocycles. The number of hydrogen-bond acceptors (Lipinski definition) is 4. The number of amides is 1. The molecule has 0 atom stereocenters. The molecule has 6 heteroatoms. The van der Waals surface area contributed by atoms with Crippen LogP contribution in [0.4, 0.5) is 11.4 Å². The number of nitrogens with zero attached hydrogens (tertiary/aromatic N) is 3. The fraction of sp³-hybridized carbons (Fsp3) is 0.259. The van der Waals surface area contributed by atoms with Gasteiger partial charge in [0.25, 0.3) is 5.91 Å². The molecular formula is C27H28N4O2. The lowest BCUT2D eigenvalue weighted by atomic mass is 10.1. The van der Waals surface area contributed by atoms with Crippen LogP contribution in [-0.2, 0) is 6.61 Å². The molecule has 2 aromatic heterocycles. The van der Waals surface area contributed by atoms with E-state index in [0.717, 1.165) is 41.2 Å². The average Bonchev–Trinajstić information content (AvgIpc) is 3.50. The molecule has 0 saturated carbocycles. The van der Waals surface area contributed by atoms with E-state index in [1.54, 1.807) is 12.1 Å². The van der Waals surface area contributed by atoms with Crippen molar-refractivity contribution >= 4 is 22.9 Å². The molecule has 1 amide bonds. The largest absolute Gasteiger partial charge is 0.487 e. The van der Waals surface area contributed by atoms with Crippen molar-refractivity contribution < 1.29 is 9.53 Å². The molecule has 0 radical (unpaired) electrons. The quantitative estimate of drug-likeness (QED) is 0.437. The number of nitrogens with one attached hydrogen (secondary N) is 1. The molecule has 4 aromatic rings. The predicted octanol–water partition coefficient (Wildman–Crippen LogP) is 5.38. The van der Waals surface area contributed by atoms with Crippen LogP contribution in [0, 0.1) is 13.8 Å². The summed E-state index contributed by atoms with van der Waals surface area (Å²) in [6, 6.07) is 17.5. The third-order valence-corrected chi connectivity index (χ3v) is 6.16. The van der Waals surface area contributed by atoms with Gasteiger partial charge in [-0.3, -0.25) is 4.79 Å². The van der Waals surface area contributed by atoms with E-state index in [2.05, 4.69) is 27.3 Å². The summed E-state index contributed by atoms with van der Waals surface area (Å²) in [5.74, 6) is 0.570. The van der Waals surface area contributed by atoms with E-state index >= 15 is 0 Å². The van der Waals surface area contributed by atoms with Gasteiger partial charge in [0.15, 0.2) is 0 Å². The maximum Gasteiger partial charge on any atom is 0.255 e. The van der Waals surface area contributed by atoms with Crippen LogP contribution >= 0.6 is 0 Å². The summed E-state index contributed by atoms with van der Waals surface area (Å²) in [5.41, 5.74) is 6.64. The van der Waals surface area contributed by atoms with Crippen LogP contribution in [0.1, 0.15) is 40.0 Å². The Labute approximate surface area is 193 Å².